The summed E-state index contributed by atoms with van der Waals surface area (Å²) in [5.41, 5.74) is 0.510. The molecule has 1 heterocycles. The van der Waals surface area contributed by atoms with Crippen LogP contribution in [0.5, 0.6) is 5.88 Å². The third kappa shape index (κ3) is 3.17. The van der Waals surface area contributed by atoms with Crippen molar-refractivity contribution in [1.82, 2.24) is 4.98 Å². The van der Waals surface area contributed by atoms with Crippen molar-refractivity contribution in [3.8, 4) is 5.88 Å². The van der Waals surface area contributed by atoms with E-state index in [4.69, 9.17) is 9.84 Å². The van der Waals surface area contributed by atoms with Crippen molar-refractivity contribution in [2.45, 2.75) is 6.42 Å². The van der Waals surface area contributed by atoms with Crippen LogP contribution in [0.15, 0.2) is 12.1 Å². The smallest absolute Gasteiger partial charge is 0.309 e. The molecule has 0 saturated carbocycles. The maximum Gasteiger partial charge on any atom is 0.309 e. The molecule has 13 heavy (non-hydrogen) atoms. The lowest BCUT2D eigenvalue weighted by atomic mass is 10.3. The molecule has 0 aliphatic heterocycles. The van der Waals surface area contributed by atoms with E-state index in [2.05, 4.69) is 27.6 Å². The Labute approximate surface area is 89.1 Å². The highest BCUT2D eigenvalue weighted by atomic mass is 127. The van der Waals surface area contributed by atoms with Crippen molar-refractivity contribution < 1.29 is 14.6 Å². The molecule has 0 spiro atoms. The Morgan fingerprint density at radius 1 is 1.69 bits per heavy atom. The number of aliphatic carboxylic acids is 1. The van der Waals surface area contributed by atoms with Crippen LogP contribution < -0.4 is 4.74 Å². The molecule has 0 aliphatic rings. The van der Waals surface area contributed by atoms with E-state index in [1.54, 1.807) is 12.1 Å². The van der Waals surface area contributed by atoms with E-state index in [9.17, 15) is 4.79 Å². The Kier molecular flexibility index (Phi) is 3.47. The summed E-state index contributed by atoms with van der Waals surface area (Å²) in [5, 5.41) is 8.54. The van der Waals surface area contributed by atoms with Gasteiger partial charge in [0.25, 0.3) is 0 Å². The van der Waals surface area contributed by atoms with E-state index in [1.165, 1.54) is 7.11 Å². The Bertz CT molecular complexity index is 327. The highest BCUT2D eigenvalue weighted by Gasteiger charge is 2.05. The van der Waals surface area contributed by atoms with Crippen LogP contribution in [-0.4, -0.2) is 23.2 Å². The van der Waals surface area contributed by atoms with Crippen molar-refractivity contribution in [2.24, 2.45) is 0 Å². The topological polar surface area (TPSA) is 59.4 Å². The van der Waals surface area contributed by atoms with E-state index in [-0.39, 0.29) is 6.42 Å². The number of methoxy groups -OCH3 is 1. The first-order valence-electron chi connectivity index (χ1n) is 3.54. The van der Waals surface area contributed by atoms with Gasteiger partial charge in [-0.3, -0.25) is 4.79 Å². The van der Waals surface area contributed by atoms with Crippen LogP contribution in [0.4, 0.5) is 0 Å². The van der Waals surface area contributed by atoms with Gasteiger partial charge in [0.05, 0.1) is 19.2 Å². The average Bonchev–Trinajstić information content (AvgIpc) is 2.01. The van der Waals surface area contributed by atoms with Crippen molar-refractivity contribution in [3.05, 3.63) is 21.4 Å². The first kappa shape index (κ1) is 10.2. The number of hydrogen-bond donors (Lipinski definition) is 1. The van der Waals surface area contributed by atoms with Crippen molar-refractivity contribution in [1.29, 1.82) is 0 Å². The molecule has 4 nitrogen and oxygen atoms in total. The highest BCUT2D eigenvalue weighted by Crippen LogP contribution is 2.14. The van der Waals surface area contributed by atoms with Crippen LogP contribution in [0.25, 0.3) is 0 Å². The normalized spacial score (nSPS) is 9.69. The molecule has 0 radical (unpaired) electrons. The first-order valence-corrected chi connectivity index (χ1v) is 4.62. The van der Waals surface area contributed by atoms with Crippen LogP contribution >= 0.6 is 22.6 Å². The fourth-order valence-electron chi connectivity index (χ4n) is 0.875. The number of pyridine rings is 1. The molecule has 0 bridgehead atoms. The molecule has 1 aromatic heterocycles. The van der Waals surface area contributed by atoms with Crippen LogP contribution in [0.1, 0.15) is 5.69 Å². The third-order valence-electron chi connectivity index (χ3n) is 1.36. The standard InChI is InChI=1S/C8H8INO3/c1-13-7-3-5(9)2-6(10-7)4-8(11)12/h2-3H,4H2,1H3,(H,11,12). The second-order valence-electron chi connectivity index (χ2n) is 2.39. The number of nitrogens with zero attached hydrogens (tertiary/aromatic N) is 1. The Balaban J connectivity index is 2.94. The molecule has 0 saturated heterocycles. The molecule has 0 aliphatic carbocycles. The van der Waals surface area contributed by atoms with Gasteiger partial charge in [-0.25, -0.2) is 4.98 Å². The van der Waals surface area contributed by atoms with Crippen molar-refractivity contribution in [2.75, 3.05) is 7.11 Å². The summed E-state index contributed by atoms with van der Waals surface area (Å²) in [6.45, 7) is 0. The van der Waals surface area contributed by atoms with Crippen LogP contribution in [0.2, 0.25) is 0 Å². The monoisotopic (exact) mass is 293 g/mol. The van der Waals surface area contributed by atoms with Crippen LogP contribution in [0.3, 0.4) is 0 Å². The maximum absolute atomic E-state index is 10.4. The lowest BCUT2D eigenvalue weighted by molar-refractivity contribution is -0.136. The molecular formula is C8H8INO3. The van der Waals surface area contributed by atoms with Gasteiger partial charge in [0, 0.05) is 9.64 Å². The van der Waals surface area contributed by atoms with Gasteiger partial charge in [-0.15, -0.1) is 0 Å². The molecule has 70 valence electrons. The van der Waals surface area contributed by atoms with Crippen molar-refractivity contribution >= 4 is 28.6 Å². The molecule has 1 N–H and O–H groups in total. The number of halogens is 1. The Morgan fingerprint density at radius 3 is 2.92 bits per heavy atom. The predicted molar refractivity (Wildman–Crippen MR) is 54.8 cm³/mol. The van der Waals surface area contributed by atoms with Crippen molar-refractivity contribution in [3.63, 3.8) is 0 Å². The van der Waals surface area contributed by atoms with Gasteiger partial charge < -0.3 is 9.84 Å². The quantitative estimate of drug-likeness (QED) is 0.854. The summed E-state index contributed by atoms with van der Waals surface area (Å²) in [7, 11) is 1.50. The summed E-state index contributed by atoms with van der Waals surface area (Å²) in [6.07, 6.45) is -0.0762. The second kappa shape index (κ2) is 4.40. The van der Waals surface area contributed by atoms with Gasteiger partial charge in [-0.1, -0.05) is 0 Å². The zero-order valence-electron chi connectivity index (χ0n) is 6.95. The van der Waals surface area contributed by atoms with Crippen LogP contribution in [-0.2, 0) is 11.2 Å². The molecule has 0 amide bonds. The van der Waals surface area contributed by atoms with Gasteiger partial charge in [-0.05, 0) is 28.7 Å². The lowest BCUT2D eigenvalue weighted by Gasteiger charge is -2.02. The van der Waals surface area contributed by atoms with Crippen LogP contribution in [0, 0.1) is 3.57 Å². The van der Waals surface area contributed by atoms with Gasteiger partial charge in [0.15, 0.2) is 0 Å². The minimum absolute atomic E-state index is 0.0762. The first-order chi connectivity index (χ1) is 6.11. The van der Waals surface area contributed by atoms with Gasteiger partial charge in [0.1, 0.15) is 0 Å². The molecule has 1 aromatic rings. The van der Waals surface area contributed by atoms with E-state index >= 15 is 0 Å². The fourth-order valence-corrected chi connectivity index (χ4v) is 1.50. The SMILES string of the molecule is COc1cc(I)cc(CC(=O)O)n1. The average molecular weight is 293 g/mol. The predicted octanol–water partition coefficient (Wildman–Crippen LogP) is 1.32. The molecule has 5 heteroatoms. The summed E-state index contributed by atoms with van der Waals surface area (Å²) in [5.74, 6) is -0.445. The zero-order chi connectivity index (χ0) is 9.84. The van der Waals surface area contributed by atoms with E-state index in [1.807, 2.05) is 0 Å². The summed E-state index contributed by atoms with van der Waals surface area (Å²) in [4.78, 5) is 14.4. The molecule has 0 fully saturated rings. The zero-order valence-corrected chi connectivity index (χ0v) is 9.11. The highest BCUT2D eigenvalue weighted by molar-refractivity contribution is 14.1. The summed E-state index contributed by atoms with van der Waals surface area (Å²) in [6, 6.07) is 3.46. The number of carboxylic acids is 1. The third-order valence-corrected chi connectivity index (χ3v) is 1.98. The minimum atomic E-state index is -0.892. The number of rotatable bonds is 3. The molecule has 0 aromatic carbocycles. The number of carbonyl (C=O) groups is 1. The largest absolute Gasteiger partial charge is 0.481 e. The van der Waals surface area contributed by atoms with Gasteiger partial charge in [-0.2, -0.15) is 0 Å². The number of aromatic nitrogens is 1. The fraction of sp³-hybridized carbons (Fsp3) is 0.250. The minimum Gasteiger partial charge on any atom is -0.481 e. The second-order valence-corrected chi connectivity index (χ2v) is 3.64. The van der Waals surface area contributed by atoms with Gasteiger partial charge in [0.2, 0.25) is 5.88 Å². The molecule has 1 rings (SSSR count). The van der Waals surface area contributed by atoms with E-state index < -0.39 is 5.97 Å². The van der Waals surface area contributed by atoms with E-state index in [0.717, 1.165) is 3.57 Å². The number of ether oxygens (including phenoxy) is 1. The summed E-state index contributed by atoms with van der Waals surface area (Å²) < 4.78 is 5.83. The molecule has 0 atom stereocenters. The summed E-state index contributed by atoms with van der Waals surface area (Å²) >= 11 is 2.09. The maximum atomic E-state index is 10.4. The molecule has 0 unspecified atom stereocenters. The number of carboxylic acid groups (broad SMARTS) is 1. The Morgan fingerprint density at radius 2 is 2.38 bits per heavy atom. The molecular weight excluding hydrogens is 285 g/mol. The lowest BCUT2D eigenvalue weighted by Crippen LogP contribution is -2.03. The Hall–Kier alpha value is -0.850. The van der Waals surface area contributed by atoms with E-state index in [0.29, 0.717) is 11.6 Å². The van der Waals surface area contributed by atoms with Gasteiger partial charge >= 0.3 is 5.97 Å². The number of hydrogen-bond acceptors (Lipinski definition) is 3.